The summed E-state index contributed by atoms with van der Waals surface area (Å²) in [6.07, 6.45) is -2.31. The summed E-state index contributed by atoms with van der Waals surface area (Å²) in [6, 6.07) is 8.63. The van der Waals surface area contributed by atoms with Gasteiger partial charge >= 0.3 is 12.1 Å². The Morgan fingerprint density at radius 1 is 1.29 bits per heavy atom. The molecule has 0 bridgehead atoms. The van der Waals surface area contributed by atoms with Crippen LogP contribution in [0.5, 0.6) is 0 Å². The zero-order valence-electron chi connectivity index (χ0n) is 11.2. The lowest BCUT2D eigenvalue weighted by Crippen LogP contribution is -2.54. The molecule has 1 aromatic rings. The van der Waals surface area contributed by atoms with Crippen molar-refractivity contribution in [2.24, 2.45) is 0 Å². The molecule has 0 heterocycles. The Labute approximate surface area is 134 Å². The van der Waals surface area contributed by atoms with Gasteiger partial charge < -0.3 is 4.74 Å². The first kappa shape index (κ1) is 18.0. The van der Waals surface area contributed by atoms with E-state index in [1.54, 1.807) is 30.3 Å². The first-order chi connectivity index (χ1) is 9.49. The molecule has 0 fully saturated rings. The summed E-state index contributed by atoms with van der Waals surface area (Å²) in [7, 11) is 0. The highest BCUT2D eigenvalue weighted by Crippen LogP contribution is 2.51. The molecule has 0 saturated heterocycles. The summed E-state index contributed by atoms with van der Waals surface area (Å²) >= 11 is 8.03. The SMILES string of the molecule is CC(=O)OC(C)(/C=C/c1ccccc1)C(Cl)(Br)C(F)(F)F. The molecule has 1 rings (SSSR count). The second-order valence-corrected chi connectivity index (χ2v) is 6.73. The van der Waals surface area contributed by atoms with Gasteiger partial charge in [-0.2, -0.15) is 13.2 Å². The van der Waals surface area contributed by atoms with Crippen LogP contribution in [0.3, 0.4) is 0 Å². The van der Waals surface area contributed by atoms with Crippen molar-refractivity contribution in [1.29, 1.82) is 0 Å². The molecule has 0 amide bonds. The van der Waals surface area contributed by atoms with Gasteiger partial charge in [-0.05, 0) is 18.6 Å². The average Bonchev–Trinajstić information content (AvgIpc) is 2.35. The number of halogens is 5. The third-order valence-electron chi connectivity index (χ3n) is 2.73. The highest BCUT2D eigenvalue weighted by atomic mass is 79.9. The molecule has 2 unspecified atom stereocenters. The van der Waals surface area contributed by atoms with Crippen LogP contribution >= 0.6 is 27.5 Å². The first-order valence-corrected chi connectivity index (χ1v) is 7.05. The van der Waals surface area contributed by atoms with Gasteiger partial charge in [0.2, 0.25) is 3.78 Å². The van der Waals surface area contributed by atoms with Crippen molar-refractivity contribution >= 4 is 39.6 Å². The van der Waals surface area contributed by atoms with Crippen molar-refractivity contribution in [3.05, 3.63) is 42.0 Å². The van der Waals surface area contributed by atoms with E-state index in [1.807, 2.05) is 0 Å². The zero-order chi connectivity index (χ0) is 16.3. The minimum absolute atomic E-state index is 0.651. The number of hydrogen-bond donors (Lipinski definition) is 0. The Morgan fingerprint density at radius 3 is 2.24 bits per heavy atom. The predicted molar refractivity (Wildman–Crippen MR) is 79.2 cm³/mol. The quantitative estimate of drug-likeness (QED) is 0.543. The highest BCUT2D eigenvalue weighted by molar-refractivity contribution is 9.10. The molecule has 0 saturated carbocycles. The molecule has 0 radical (unpaired) electrons. The molecule has 0 aliphatic carbocycles. The fraction of sp³-hybridized carbons (Fsp3) is 0.357. The van der Waals surface area contributed by atoms with Gasteiger partial charge in [-0.25, -0.2) is 0 Å². The van der Waals surface area contributed by atoms with E-state index in [4.69, 9.17) is 16.3 Å². The molecule has 0 N–H and O–H groups in total. The summed E-state index contributed by atoms with van der Waals surface area (Å²) in [5.41, 5.74) is -1.47. The smallest absolute Gasteiger partial charge is 0.421 e. The van der Waals surface area contributed by atoms with Crippen LogP contribution in [0.2, 0.25) is 0 Å². The second kappa shape index (κ2) is 6.40. The van der Waals surface area contributed by atoms with Crippen LogP contribution in [0.15, 0.2) is 36.4 Å². The Balaban J connectivity index is 3.22. The first-order valence-electron chi connectivity index (χ1n) is 5.88. The van der Waals surface area contributed by atoms with E-state index in [1.165, 1.54) is 6.08 Å². The molecule has 1 aromatic carbocycles. The van der Waals surface area contributed by atoms with E-state index in [9.17, 15) is 18.0 Å². The Hall–Kier alpha value is -1.01. The average molecular weight is 386 g/mol. The maximum Gasteiger partial charge on any atom is 0.421 e. The summed E-state index contributed by atoms with van der Waals surface area (Å²) in [5.74, 6) is -0.871. The molecule has 21 heavy (non-hydrogen) atoms. The van der Waals surface area contributed by atoms with Crippen molar-refractivity contribution in [2.75, 3.05) is 0 Å². The molecular formula is C14H13BrClF3O2. The fourth-order valence-corrected chi connectivity index (χ4v) is 1.92. The van der Waals surface area contributed by atoms with E-state index >= 15 is 0 Å². The molecular weight excluding hydrogens is 373 g/mol. The molecule has 0 aliphatic rings. The number of benzene rings is 1. The minimum Gasteiger partial charge on any atom is -0.452 e. The Kier molecular flexibility index (Phi) is 5.50. The normalized spacial score (nSPS) is 18.0. The van der Waals surface area contributed by atoms with Crippen LogP contribution in [-0.4, -0.2) is 21.5 Å². The van der Waals surface area contributed by atoms with Crippen LogP contribution < -0.4 is 0 Å². The third kappa shape index (κ3) is 4.23. The van der Waals surface area contributed by atoms with Gasteiger partial charge in [-0.1, -0.05) is 63.9 Å². The summed E-state index contributed by atoms with van der Waals surface area (Å²) < 4.78 is 41.2. The molecule has 0 aliphatic heterocycles. The summed E-state index contributed by atoms with van der Waals surface area (Å²) in [4.78, 5) is 11.1. The molecule has 116 valence electrons. The van der Waals surface area contributed by atoms with Crippen LogP contribution in [0.25, 0.3) is 6.08 Å². The van der Waals surface area contributed by atoms with Crippen molar-refractivity contribution in [3.8, 4) is 0 Å². The highest BCUT2D eigenvalue weighted by Gasteiger charge is 2.64. The predicted octanol–water partition coefficient (Wildman–Crippen LogP) is 4.91. The number of carbonyl (C=O) groups excluding carboxylic acids is 1. The van der Waals surface area contributed by atoms with Gasteiger partial charge in [-0.3, -0.25) is 4.79 Å². The van der Waals surface area contributed by atoms with Crippen LogP contribution in [0.1, 0.15) is 19.4 Å². The number of alkyl halides is 5. The van der Waals surface area contributed by atoms with Crippen molar-refractivity contribution in [2.45, 2.75) is 29.4 Å². The molecule has 0 spiro atoms. The maximum atomic E-state index is 13.1. The zero-order valence-corrected chi connectivity index (χ0v) is 13.6. The number of rotatable bonds is 4. The lowest BCUT2D eigenvalue weighted by molar-refractivity contribution is -0.184. The van der Waals surface area contributed by atoms with Gasteiger partial charge in [0.1, 0.15) is 0 Å². The third-order valence-corrected chi connectivity index (χ3v) is 4.56. The monoisotopic (exact) mass is 384 g/mol. The topological polar surface area (TPSA) is 26.3 Å². The number of hydrogen-bond acceptors (Lipinski definition) is 2. The largest absolute Gasteiger partial charge is 0.452 e. The molecule has 7 heteroatoms. The Morgan fingerprint density at radius 2 is 1.81 bits per heavy atom. The number of esters is 1. The lowest BCUT2D eigenvalue weighted by atomic mass is 9.98. The van der Waals surface area contributed by atoms with Gasteiger partial charge in [0.15, 0.2) is 5.60 Å². The van der Waals surface area contributed by atoms with Crippen LogP contribution in [-0.2, 0) is 9.53 Å². The minimum atomic E-state index is -4.83. The van der Waals surface area contributed by atoms with E-state index < -0.39 is 21.5 Å². The van der Waals surface area contributed by atoms with E-state index in [2.05, 4.69) is 15.9 Å². The van der Waals surface area contributed by atoms with E-state index in [0.29, 0.717) is 5.56 Å². The van der Waals surface area contributed by atoms with Gasteiger partial charge in [0.25, 0.3) is 0 Å². The molecule has 2 nitrogen and oxygen atoms in total. The summed E-state index contributed by atoms with van der Waals surface area (Å²) in [5, 5.41) is 0. The van der Waals surface area contributed by atoms with Gasteiger partial charge in [0, 0.05) is 6.92 Å². The van der Waals surface area contributed by atoms with Gasteiger partial charge in [0.05, 0.1) is 0 Å². The van der Waals surface area contributed by atoms with E-state index in [0.717, 1.165) is 19.9 Å². The van der Waals surface area contributed by atoms with Crippen molar-refractivity contribution in [1.82, 2.24) is 0 Å². The molecule has 0 aromatic heterocycles. The fourth-order valence-electron chi connectivity index (χ4n) is 1.60. The van der Waals surface area contributed by atoms with Crippen molar-refractivity contribution < 1.29 is 22.7 Å². The van der Waals surface area contributed by atoms with Crippen LogP contribution in [0.4, 0.5) is 13.2 Å². The summed E-state index contributed by atoms with van der Waals surface area (Å²) in [6.45, 7) is 2.11. The standard InChI is InChI=1S/C14H13BrClF3O2/c1-10(20)21-12(2,13(15,16)14(17,18)19)9-8-11-6-4-3-5-7-11/h3-9H,1-2H3/b9-8+. The van der Waals surface area contributed by atoms with Crippen LogP contribution in [0, 0.1) is 0 Å². The number of ether oxygens (including phenoxy) is 1. The molecule has 2 atom stereocenters. The second-order valence-electron chi connectivity index (χ2n) is 4.52. The van der Waals surface area contributed by atoms with Crippen molar-refractivity contribution in [3.63, 3.8) is 0 Å². The van der Waals surface area contributed by atoms with E-state index in [-0.39, 0.29) is 0 Å². The Bertz CT molecular complexity index is 529. The maximum absolute atomic E-state index is 13.1. The van der Waals surface area contributed by atoms with Gasteiger partial charge in [-0.15, -0.1) is 0 Å². The number of carbonyl (C=O) groups is 1. The lowest BCUT2D eigenvalue weighted by Gasteiger charge is -2.38.